The van der Waals surface area contributed by atoms with E-state index >= 15 is 0 Å². The van der Waals surface area contributed by atoms with Gasteiger partial charge in [-0.3, -0.25) is 4.79 Å². The van der Waals surface area contributed by atoms with Crippen molar-refractivity contribution in [1.82, 2.24) is 4.98 Å². The second-order valence-corrected chi connectivity index (χ2v) is 5.21. The molecule has 0 atom stereocenters. The number of aryl methyl sites for hydroxylation is 2. The van der Waals surface area contributed by atoms with Gasteiger partial charge in [0, 0.05) is 28.2 Å². The lowest BCUT2D eigenvalue weighted by molar-refractivity contribution is 0.104. The zero-order valence-electron chi connectivity index (χ0n) is 12.4. The third-order valence-electron chi connectivity index (χ3n) is 3.83. The zero-order valence-corrected chi connectivity index (χ0v) is 12.4. The molecule has 1 N–H and O–H groups in total. The molecule has 106 valence electrons. The molecule has 0 radical (unpaired) electrons. The quantitative estimate of drug-likeness (QED) is 0.736. The van der Waals surface area contributed by atoms with E-state index < -0.39 is 0 Å². The third kappa shape index (κ3) is 2.21. The van der Waals surface area contributed by atoms with Crippen LogP contribution in [0.15, 0.2) is 42.6 Å². The lowest BCUT2D eigenvalue weighted by atomic mass is 9.99. The van der Waals surface area contributed by atoms with Crippen molar-refractivity contribution in [3.8, 4) is 5.75 Å². The highest BCUT2D eigenvalue weighted by molar-refractivity contribution is 6.17. The van der Waals surface area contributed by atoms with Crippen LogP contribution in [-0.2, 0) is 0 Å². The number of carbonyl (C=O) groups excluding carboxylic acids is 1. The van der Waals surface area contributed by atoms with E-state index in [-0.39, 0.29) is 5.78 Å². The molecule has 0 bridgehead atoms. The molecular formula is C18H17NO2. The monoisotopic (exact) mass is 279 g/mol. The minimum absolute atomic E-state index is 0.00819. The molecule has 0 saturated heterocycles. The van der Waals surface area contributed by atoms with Crippen LogP contribution in [0.5, 0.6) is 5.75 Å². The van der Waals surface area contributed by atoms with E-state index in [4.69, 9.17) is 4.74 Å². The molecule has 21 heavy (non-hydrogen) atoms. The molecule has 0 amide bonds. The molecule has 0 spiro atoms. The van der Waals surface area contributed by atoms with Crippen molar-refractivity contribution in [2.45, 2.75) is 13.8 Å². The van der Waals surface area contributed by atoms with Gasteiger partial charge in [0.2, 0.25) is 0 Å². The summed E-state index contributed by atoms with van der Waals surface area (Å²) >= 11 is 0. The molecule has 0 fully saturated rings. The van der Waals surface area contributed by atoms with E-state index in [1.165, 1.54) is 0 Å². The summed E-state index contributed by atoms with van der Waals surface area (Å²) in [4.78, 5) is 15.9. The van der Waals surface area contributed by atoms with Gasteiger partial charge in [-0.2, -0.15) is 0 Å². The molecule has 3 nitrogen and oxygen atoms in total. The summed E-state index contributed by atoms with van der Waals surface area (Å²) in [6, 6.07) is 11.5. The minimum Gasteiger partial charge on any atom is -0.496 e. The summed E-state index contributed by atoms with van der Waals surface area (Å²) in [5.41, 5.74) is 4.44. The van der Waals surface area contributed by atoms with Crippen molar-refractivity contribution in [3.63, 3.8) is 0 Å². The van der Waals surface area contributed by atoms with Crippen LogP contribution in [0.1, 0.15) is 27.0 Å². The number of aromatic amines is 1. The standard InChI is InChI=1S/C18H17NO2/c1-11-7-8-13(9-16(11)21-3)18(20)14-10-19-15-6-4-5-12(2)17(14)15/h4-10,19H,1-3H3. The predicted molar refractivity (Wildman–Crippen MR) is 84.2 cm³/mol. The number of H-pyrrole nitrogens is 1. The average molecular weight is 279 g/mol. The molecule has 0 aliphatic rings. The Morgan fingerprint density at radius 3 is 2.67 bits per heavy atom. The summed E-state index contributed by atoms with van der Waals surface area (Å²) < 4.78 is 5.30. The first kappa shape index (κ1) is 13.4. The third-order valence-corrected chi connectivity index (χ3v) is 3.83. The Kier molecular flexibility index (Phi) is 3.26. The Hall–Kier alpha value is -2.55. The van der Waals surface area contributed by atoms with Gasteiger partial charge in [0.05, 0.1) is 7.11 Å². The maximum Gasteiger partial charge on any atom is 0.195 e. The van der Waals surface area contributed by atoms with Gasteiger partial charge in [0.1, 0.15) is 5.75 Å². The van der Waals surface area contributed by atoms with Crippen LogP contribution in [0.2, 0.25) is 0 Å². The highest BCUT2D eigenvalue weighted by atomic mass is 16.5. The fraction of sp³-hybridized carbons (Fsp3) is 0.167. The molecule has 0 saturated carbocycles. The van der Waals surface area contributed by atoms with E-state index in [0.717, 1.165) is 27.8 Å². The van der Waals surface area contributed by atoms with Crippen molar-refractivity contribution in [3.05, 3.63) is 64.8 Å². The summed E-state index contributed by atoms with van der Waals surface area (Å²) in [5.74, 6) is 0.742. The van der Waals surface area contributed by atoms with E-state index in [2.05, 4.69) is 4.98 Å². The fourth-order valence-electron chi connectivity index (χ4n) is 2.66. The van der Waals surface area contributed by atoms with E-state index in [0.29, 0.717) is 11.1 Å². The van der Waals surface area contributed by atoms with E-state index in [9.17, 15) is 4.79 Å². The Morgan fingerprint density at radius 1 is 1.10 bits per heavy atom. The number of carbonyl (C=O) groups is 1. The van der Waals surface area contributed by atoms with Crippen molar-refractivity contribution >= 4 is 16.7 Å². The van der Waals surface area contributed by atoms with Crippen LogP contribution in [0.25, 0.3) is 10.9 Å². The van der Waals surface area contributed by atoms with Crippen molar-refractivity contribution in [2.24, 2.45) is 0 Å². The maximum atomic E-state index is 12.8. The van der Waals surface area contributed by atoms with E-state index in [1.807, 2.05) is 44.2 Å². The number of aromatic nitrogens is 1. The molecule has 2 aromatic carbocycles. The van der Waals surface area contributed by atoms with E-state index in [1.54, 1.807) is 19.4 Å². The van der Waals surface area contributed by atoms with Gasteiger partial charge in [-0.15, -0.1) is 0 Å². The van der Waals surface area contributed by atoms with Crippen LogP contribution < -0.4 is 4.74 Å². The number of benzene rings is 2. The first-order valence-corrected chi connectivity index (χ1v) is 6.88. The van der Waals surface area contributed by atoms with Gasteiger partial charge in [-0.05, 0) is 37.1 Å². The lowest BCUT2D eigenvalue weighted by Crippen LogP contribution is -2.02. The van der Waals surface area contributed by atoms with Crippen LogP contribution in [0, 0.1) is 13.8 Å². The first-order valence-electron chi connectivity index (χ1n) is 6.88. The van der Waals surface area contributed by atoms with Gasteiger partial charge in [-0.1, -0.05) is 24.3 Å². The molecule has 3 rings (SSSR count). The summed E-state index contributed by atoms with van der Waals surface area (Å²) in [5, 5.41) is 0.988. The predicted octanol–water partition coefficient (Wildman–Crippen LogP) is 4.02. The SMILES string of the molecule is COc1cc(C(=O)c2c[nH]c3cccc(C)c23)ccc1C. The molecule has 0 aliphatic heterocycles. The van der Waals surface area contributed by atoms with Gasteiger partial charge >= 0.3 is 0 Å². The highest BCUT2D eigenvalue weighted by Gasteiger charge is 2.16. The lowest BCUT2D eigenvalue weighted by Gasteiger charge is -2.07. The second kappa shape index (κ2) is 5.09. The number of rotatable bonds is 3. The molecular weight excluding hydrogens is 262 g/mol. The van der Waals surface area contributed by atoms with Gasteiger partial charge in [0.25, 0.3) is 0 Å². The zero-order chi connectivity index (χ0) is 15.0. The Balaban J connectivity index is 2.13. The maximum absolute atomic E-state index is 12.8. The number of methoxy groups -OCH3 is 1. The number of fused-ring (bicyclic) bond motifs is 1. The van der Waals surface area contributed by atoms with Crippen LogP contribution in [0.4, 0.5) is 0 Å². The molecule has 1 heterocycles. The van der Waals surface area contributed by atoms with Crippen LogP contribution in [-0.4, -0.2) is 17.9 Å². The van der Waals surface area contributed by atoms with Gasteiger partial charge < -0.3 is 9.72 Å². The summed E-state index contributed by atoms with van der Waals surface area (Å²) in [6.45, 7) is 3.98. The first-order chi connectivity index (χ1) is 10.1. The van der Waals surface area contributed by atoms with Crippen molar-refractivity contribution < 1.29 is 9.53 Å². The van der Waals surface area contributed by atoms with Crippen LogP contribution in [0.3, 0.4) is 0 Å². The minimum atomic E-state index is 0.00819. The number of hydrogen-bond acceptors (Lipinski definition) is 2. The van der Waals surface area contributed by atoms with Gasteiger partial charge in [-0.25, -0.2) is 0 Å². The van der Waals surface area contributed by atoms with Crippen LogP contribution >= 0.6 is 0 Å². The summed E-state index contributed by atoms with van der Waals surface area (Å²) in [7, 11) is 1.62. The van der Waals surface area contributed by atoms with Crippen molar-refractivity contribution in [1.29, 1.82) is 0 Å². The molecule has 3 heteroatoms. The second-order valence-electron chi connectivity index (χ2n) is 5.21. The fourth-order valence-corrected chi connectivity index (χ4v) is 2.66. The molecule has 3 aromatic rings. The Bertz CT molecular complexity index is 830. The molecule has 0 aliphatic carbocycles. The number of hydrogen-bond donors (Lipinski definition) is 1. The highest BCUT2D eigenvalue weighted by Crippen LogP contribution is 2.26. The molecule has 0 unspecified atom stereocenters. The largest absolute Gasteiger partial charge is 0.496 e. The Morgan fingerprint density at radius 2 is 1.90 bits per heavy atom. The normalized spacial score (nSPS) is 10.8. The molecule has 1 aromatic heterocycles. The van der Waals surface area contributed by atoms with Gasteiger partial charge in [0.15, 0.2) is 5.78 Å². The smallest absolute Gasteiger partial charge is 0.195 e. The number of ketones is 1. The number of nitrogens with one attached hydrogen (secondary N) is 1. The van der Waals surface area contributed by atoms with Crippen molar-refractivity contribution in [2.75, 3.05) is 7.11 Å². The topological polar surface area (TPSA) is 42.1 Å². The number of ether oxygens (including phenoxy) is 1. The summed E-state index contributed by atoms with van der Waals surface area (Å²) in [6.07, 6.45) is 1.78. The Labute approximate surface area is 123 Å². The average Bonchev–Trinajstić information content (AvgIpc) is 2.92.